The third-order valence-electron chi connectivity index (χ3n) is 4.89. The number of aromatic nitrogens is 2. The van der Waals surface area contributed by atoms with Gasteiger partial charge in [0.1, 0.15) is 0 Å². The van der Waals surface area contributed by atoms with E-state index in [1.54, 1.807) is 10.9 Å². The summed E-state index contributed by atoms with van der Waals surface area (Å²) in [5.74, 6) is -0.138. The van der Waals surface area contributed by atoms with Crippen LogP contribution in [0.25, 0.3) is 0 Å². The molecule has 1 aromatic heterocycles. The molecular formula is C19H24N4O2. The number of aryl methyl sites for hydroxylation is 1. The Kier molecular flexibility index (Phi) is 5.16. The lowest BCUT2D eigenvalue weighted by Gasteiger charge is -2.40. The minimum atomic E-state index is -0.242. The second kappa shape index (κ2) is 7.51. The van der Waals surface area contributed by atoms with E-state index in [1.165, 1.54) is 0 Å². The number of hydrogen-bond donors (Lipinski definition) is 1. The summed E-state index contributed by atoms with van der Waals surface area (Å²) in [6.07, 6.45) is 2.71. The Labute approximate surface area is 147 Å². The van der Waals surface area contributed by atoms with Crippen LogP contribution in [0.1, 0.15) is 37.1 Å². The molecule has 1 aliphatic heterocycles. The van der Waals surface area contributed by atoms with Gasteiger partial charge in [-0.15, -0.1) is 0 Å². The summed E-state index contributed by atoms with van der Waals surface area (Å²) in [6.45, 7) is 3.00. The molecule has 6 heteroatoms. The molecule has 0 radical (unpaired) electrons. The van der Waals surface area contributed by atoms with Crippen molar-refractivity contribution in [3.8, 4) is 0 Å². The van der Waals surface area contributed by atoms with Crippen molar-refractivity contribution in [1.29, 1.82) is 0 Å². The predicted octanol–water partition coefficient (Wildman–Crippen LogP) is 2.04. The van der Waals surface area contributed by atoms with E-state index in [2.05, 4.69) is 10.4 Å². The van der Waals surface area contributed by atoms with Gasteiger partial charge in [-0.2, -0.15) is 5.10 Å². The van der Waals surface area contributed by atoms with Crippen molar-refractivity contribution in [3.05, 3.63) is 53.9 Å². The fraction of sp³-hybridized carbons (Fsp3) is 0.421. The van der Waals surface area contributed by atoms with Gasteiger partial charge in [0.15, 0.2) is 0 Å². The Morgan fingerprint density at radius 1 is 1.28 bits per heavy atom. The monoisotopic (exact) mass is 340 g/mol. The molecule has 2 atom stereocenters. The highest BCUT2D eigenvalue weighted by molar-refractivity contribution is 5.85. The second-order valence-corrected chi connectivity index (χ2v) is 6.34. The van der Waals surface area contributed by atoms with Crippen LogP contribution >= 0.6 is 0 Å². The predicted molar refractivity (Wildman–Crippen MR) is 94.3 cm³/mol. The van der Waals surface area contributed by atoms with Crippen molar-refractivity contribution in [1.82, 2.24) is 20.0 Å². The minimum absolute atomic E-state index is 0.0130. The molecule has 0 unspecified atom stereocenters. The maximum Gasteiger partial charge on any atom is 0.225 e. The number of nitrogens with zero attached hydrogens (tertiary/aromatic N) is 3. The highest BCUT2D eigenvalue weighted by Crippen LogP contribution is 2.36. The first-order valence-corrected chi connectivity index (χ1v) is 8.70. The van der Waals surface area contributed by atoms with Crippen LogP contribution in [-0.2, 0) is 23.2 Å². The molecule has 2 amide bonds. The smallest absolute Gasteiger partial charge is 0.225 e. The average Bonchev–Trinajstić information content (AvgIpc) is 3.05. The number of benzene rings is 1. The van der Waals surface area contributed by atoms with Crippen LogP contribution in [-0.4, -0.2) is 33.0 Å². The van der Waals surface area contributed by atoms with E-state index in [-0.39, 0.29) is 23.8 Å². The summed E-state index contributed by atoms with van der Waals surface area (Å²) in [4.78, 5) is 27.1. The number of nitrogens with one attached hydrogen (secondary N) is 1. The molecule has 6 nitrogen and oxygen atoms in total. The van der Waals surface area contributed by atoms with Crippen LogP contribution < -0.4 is 5.32 Å². The van der Waals surface area contributed by atoms with E-state index in [0.717, 1.165) is 11.3 Å². The fourth-order valence-corrected chi connectivity index (χ4v) is 3.55. The zero-order valence-electron chi connectivity index (χ0n) is 14.7. The summed E-state index contributed by atoms with van der Waals surface area (Å²) in [7, 11) is 1.85. The highest BCUT2D eigenvalue weighted by Gasteiger charge is 2.39. The van der Waals surface area contributed by atoms with Gasteiger partial charge in [-0.3, -0.25) is 14.3 Å². The number of hydrogen-bond acceptors (Lipinski definition) is 3. The van der Waals surface area contributed by atoms with E-state index in [0.29, 0.717) is 25.9 Å². The third kappa shape index (κ3) is 3.57. The first-order chi connectivity index (χ1) is 12.1. The van der Waals surface area contributed by atoms with E-state index < -0.39 is 0 Å². The molecule has 1 saturated heterocycles. The molecule has 2 aromatic rings. The quantitative estimate of drug-likeness (QED) is 0.906. The zero-order valence-corrected chi connectivity index (χ0v) is 14.7. The Hall–Kier alpha value is -2.63. The molecule has 1 N–H and O–H groups in total. The lowest BCUT2D eigenvalue weighted by molar-refractivity contribution is -0.143. The Morgan fingerprint density at radius 3 is 2.68 bits per heavy atom. The average molecular weight is 340 g/mol. The SMILES string of the molecule is CCN1C(=O)CC[C@@H](C(=O)NCc2ccnn2C)[C@@H]1c1ccccc1. The number of rotatable bonds is 5. The lowest BCUT2D eigenvalue weighted by atomic mass is 9.83. The van der Waals surface area contributed by atoms with Crippen molar-refractivity contribution in [2.24, 2.45) is 13.0 Å². The standard InChI is InChI=1S/C19H24N4O2/c1-3-23-17(24)10-9-16(18(23)14-7-5-4-6-8-14)19(25)20-13-15-11-12-21-22(15)2/h4-8,11-12,16,18H,3,9-10,13H2,1-2H3,(H,20,25)/t16-,18+/m1/s1. The van der Waals surface area contributed by atoms with Gasteiger partial charge in [-0.25, -0.2) is 0 Å². The number of carbonyl (C=O) groups is 2. The summed E-state index contributed by atoms with van der Waals surface area (Å²) in [5, 5.41) is 7.13. The van der Waals surface area contributed by atoms with Gasteiger partial charge >= 0.3 is 0 Å². The van der Waals surface area contributed by atoms with Crippen molar-refractivity contribution in [2.75, 3.05) is 6.54 Å². The van der Waals surface area contributed by atoms with E-state index in [9.17, 15) is 9.59 Å². The molecule has 0 saturated carbocycles. The summed E-state index contributed by atoms with van der Waals surface area (Å²) >= 11 is 0. The number of carbonyl (C=O) groups excluding carboxylic acids is 2. The van der Waals surface area contributed by atoms with E-state index in [1.807, 2.05) is 55.3 Å². The van der Waals surface area contributed by atoms with Gasteiger partial charge in [0.05, 0.1) is 24.2 Å². The molecule has 2 heterocycles. The molecule has 132 valence electrons. The normalized spacial score (nSPS) is 20.6. The van der Waals surface area contributed by atoms with Crippen molar-refractivity contribution in [3.63, 3.8) is 0 Å². The molecular weight excluding hydrogens is 316 g/mol. The summed E-state index contributed by atoms with van der Waals surface area (Å²) in [5.41, 5.74) is 1.96. The summed E-state index contributed by atoms with van der Waals surface area (Å²) in [6, 6.07) is 11.5. The number of piperidine rings is 1. The summed E-state index contributed by atoms with van der Waals surface area (Å²) < 4.78 is 1.75. The van der Waals surface area contributed by atoms with Gasteiger partial charge in [0, 0.05) is 26.2 Å². The second-order valence-electron chi connectivity index (χ2n) is 6.34. The molecule has 0 bridgehead atoms. The van der Waals surface area contributed by atoms with Gasteiger partial charge < -0.3 is 10.2 Å². The maximum atomic E-state index is 12.9. The highest BCUT2D eigenvalue weighted by atomic mass is 16.2. The Bertz CT molecular complexity index is 741. The Balaban J connectivity index is 1.80. The van der Waals surface area contributed by atoms with Crippen LogP contribution in [0.5, 0.6) is 0 Å². The van der Waals surface area contributed by atoms with Crippen molar-refractivity contribution < 1.29 is 9.59 Å². The Morgan fingerprint density at radius 2 is 2.04 bits per heavy atom. The van der Waals surface area contributed by atoms with Crippen molar-refractivity contribution >= 4 is 11.8 Å². The molecule has 1 aliphatic rings. The van der Waals surface area contributed by atoms with E-state index >= 15 is 0 Å². The lowest BCUT2D eigenvalue weighted by Crippen LogP contribution is -2.47. The largest absolute Gasteiger partial charge is 0.350 e. The van der Waals surface area contributed by atoms with Gasteiger partial charge in [-0.1, -0.05) is 30.3 Å². The van der Waals surface area contributed by atoms with Crippen LogP contribution in [0.2, 0.25) is 0 Å². The zero-order chi connectivity index (χ0) is 17.8. The topological polar surface area (TPSA) is 67.2 Å². The first-order valence-electron chi connectivity index (χ1n) is 8.70. The van der Waals surface area contributed by atoms with Crippen LogP contribution in [0.3, 0.4) is 0 Å². The van der Waals surface area contributed by atoms with Crippen LogP contribution in [0.15, 0.2) is 42.6 Å². The molecule has 0 aliphatic carbocycles. The van der Waals surface area contributed by atoms with E-state index in [4.69, 9.17) is 0 Å². The van der Waals surface area contributed by atoms with Gasteiger partial charge in [-0.05, 0) is 25.0 Å². The third-order valence-corrected chi connectivity index (χ3v) is 4.89. The minimum Gasteiger partial charge on any atom is -0.350 e. The van der Waals surface area contributed by atoms with Gasteiger partial charge in [0.2, 0.25) is 11.8 Å². The number of likely N-dealkylation sites (tertiary alicyclic amines) is 1. The van der Waals surface area contributed by atoms with Crippen LogP contribution in [0, 0.1) is 5.92 Å². The van der Waals surface area contributed by atoms with Gasteiger partial charge in [0.25, 0.3) is 0 Å². The molecule has 3 rings (SSSR count). The molecule has 25 heavy (non-hydrogen) atoms. The van der Waals surface area contributed by atoms with Crippen LogP contribution in [0.4, 0.5) is 0 Å². The number of amides is 2. The first kappa shape index (κ1) is 17.2. The molecule has 1 aromatic carbocycles. The molecule has 0 spiro atoms. The fourth-order valence-electron chi connectivity index (χ4n) is 3.55. The van der Waals surface area contributed by atoms with Crippen molar-refractivity contribution in [2.45, 2.75) is 32.4 Å². The molecule has 1 fully saturated rings. The maximum absolute atomic E-state index is 12.9.